The third-order valence-electron chi connectivity index (χ3n) is 4.74. The summed E-state index contributed by atoms with van der Waals surface area (Å²) in [6, 6.07) is 8.94. The first-order valence-corrected chi connectivity index (χ1v) is 9.25. The van der Waals surface area contributed by atoms with E-state index in [1.54, 1.807) is 6.92 Å². The Morgan fingerprint density at radius 1 is 1.27 bits per heavy atom. The van der Waals surface area contributed by atoms with E-state index in [1.807, 2.05) is 30.3 Å². The van der Waals surface area contributed by atoms with Gasteiger partial charge in [-0.25, -0.2) is 9.78 Å². The molecule has 4 aromatic rings. The van der Waals surface area contributed by atoms with E-state index >= 15 is 0 Å². The normalized spacial score (nSPS) is 12.2. The van der Waals surface area contributed by atoms with Crippen molar-refractivity contribution < 1.29 is 23.2 Å². The SMILES string of the molecule is Cc1oc2ncn(C)c(=O)c2c1C(=O)OCC(=O)NC(C)c1cc2ccccc2o1. The number of benzene rings is 1. The molecule has 3 heterocycles. The van der Waals surface area contributed by atoms with Crippen LogP contribution < -0.4 is 10.9 Å². The number of ether oxygens (including phenoxy) is 1. The van der Waals surface area contributed by atoms with Crippen LogP contribution in [-0.4, -0.2) is 28.0 Å². The molecule has 9 heteroatoms. The van der Waals surface area contributed by atoms with E-state index < -0.39 is 30.1 Å². The average molecular weight is 409 g/mol. The zero-order valence-corrected chi connectivity index (χ0v) is 16.6. The molecule has 1 N–H and O–H groups in total. The molecule has 0 aliphatic heterocycles. The highest BCUT2D eigenvalue weighted by atomic mass is 16.5. The van der Waals surface area contributed by atoms with Crippen LogP contribution in [0.5, 0.6) is 0 Å². The van der Waals surface area contributed by atoms with Crippen molar-refractivity contribution in [3.05, 3.63) is 64.1 Å². The van der Waals surface area contributed by atoms with Crippen LogP contribution in [0, 0.1) is 6.92 Å². The zero-order chi connectivity index (χ0) is 21.4. The van der Waals surface area contributed by atoms with Gasteiger partial charge in [0.25, 0.3) is 11.5 Å². The fraction of sp³-hybridized carbons (Fsp3) is 0.238. The lowest BCUT2D eigenvalue weighted by Crippen LogP contribution is -2.31. The lowest BCUT2D eigenvalue weighted by molar-refractivity contribution is -0.125. The van der Waals surface area contributed by atoms with Gasteiger partial charge in [-0.15, -0.1) is 0 Å². The van der Waals surface area contributed by atoms with Gasteiger partial charge in [0, 0.05) is 12.4 Å². The number of aryl methyl sites for hydroxylation is 2. The quantitative estimate of drug-likeness (QED) is 0.504. The molecule has 0 saturated heterocycles. The second kappa shape index (κ2) is 7.51. The molecule has 0 aliphatic rings. The van der Waals surface area contributed by atoms with Crippen LogP contribution >= 0.6 is 0 Å². The summed E-state index contributed by atoms with van der Waals surface area (Å²) in [7, 11) is 1.51. The summed E-state index contributed by atoms with van der Waals surface area (Å²) >= 11 is 0. The first kappa shape index (κ1) is 19.4. The van der Waals surface area contributed by atoms with Gasteiger partial charge in [0.05, 0.1) is 6.04 Å². The highest BCUT2D eigenvalue weighted by molar-refractivity contribution is 6.03. The minimum Gasteiger partial charge on any atom is -0.459 e. The number of hydrogen-bond donors (Lipinski definition) is 1. The molecule has 154 valence electrons. The van der Waals surface area contributed by atoms with Crippen molar-refractivity contribution in [1.82, 2.24) is 14.9 Å². The molecule has 0 radical (unpaired) electrons. The molecule has 3 aromatic heterocycles. The molecule has 9 nitrogen and oxygen atoms in total. The Bertz CT molecular complexity index is 1300. The Morgan fingerprint density at radius 2 is 2.03 bits per heavy atom. The topological polar surface area (TPSA) is 117 Å². The van der Waals surface area contributed by atoms with Gasteiger partial charge in [0.1, 0.15) is 34.4 Å². The fourth-order valence-corrected chi connectivity index (χ4v) is 3.21. The van der Waals surface area contributed by atoms with Crippen molar-refractivity contribution in [2.45, 2.75) is 19.9 Å². The van der Waals surface area contributed by atoms with Crippen molar-refractivity contribution in [1.29, 1.82) is 0 Å². The first-order chi connectivity index (χ1) is 14.3. The molecule has 1 atom stereocenters. The van der Waals surface area contributed by atoms with Crippen molar-refractivity contribution in [2.24, 2.45) is 7.05 Å². The second-order valence-corrected chi connectivity index (χ2v) is 6.93. The fourth-order valence-electron chi connectivity index (χ4n) is 3.21. The van der Waals surface area contributed by atoms with Crippen molar-refractivity contribution >= 4 is 33.9 Å². The highest BCUT2D eigenvalue weighted by Crippen LogP contribution is 2.24. The molecule has 0 fully saturated rings. The second-order valence-electron chi connectivity index (χ2n) is 6.93. The number of fused-ring (bicyclic) bond motifs is 2. The summed E-state index contributed by atoms with van der Waals surface area (Å²) < 4.78 is 17.4. The van der Waals surface area contributed by atoms with Gasteiger partial charge in [0.2, 0.25) is 5.71 Å². The van der Waals surface area contributed by atoms with Crippen LogP contribution in [0.25, 0.3) is 22.1 Å². The molecule has 0 spiro atoms. The van der Waals surface area contributed by atoms with Gasteiger partial charge >= 0.3 is 5.97 Å². The van der Waals surface area contributed by atoms with Gasteiger partial charge < -0.3 is 23.5 Å². The zero-order valence-electron chi connectivity index (χ0n) is 16.6. The molecule has 0 saturated carbocycles. The average Bonchev–Trinajstić information content (AvgIpc) is 3.30. The lowest BCUT2D eigenvalue weighted by Gasteiger charge is -2.11. The van der Waals surface area contributed by atoms with E-state index in [9.17, 15) is 14.4 Å². The van der Waals surface area contributed by atoms with E-state index in [1.165, 1.54) is 24.9 Å². The maximum Gasteiger partial charge on any atom is 0.343 e. The van der Waals surface area contributed by atoms with Crippen LogP contribution in [0.15, 0.2) is 50.3 Å². The number of nitrogens with zero attached hydrogens (tertiary/aromatic N) is 2. The molecule has 1 amide bonds. The molecule has 30 heavy (non-hydrogen) atoms. The molecular weight excluding hydrogens is 390 g/mol. The van der Waals surface area contributed by atoms with Crippen molar-refractivity contribution in [2.75, 3.05) is 6.61 Å². The van der Waals surface area contributed by atoms with E-state index in [0.29, 0.717) is 5.76 Å². The maximum atomic E-state index is 12.5. The summed E-state index contributed by atoms with van der Waals surface area (Å²) in [5.41, 5.74) is 0.298. The predicted molar refractivity (Wildman–Crippen MR) is 107 cm³/mol. The molecule has 0 aliphatic carbocycles. The highest BCUT2D eigenvalue weighted by Gasteiger charge is 2.24. The monoisotopic (exact) mass is 409 g/mol. The van der Waals surface area contributed by atoms with Crippen LogP contribution in [0.4, 0.5) is 0 Å². The molecular formula is C21H19N3O6. The van der Waals surface area contributed by atoms with Gasteiger partial charge in [-0.2, -0.15) is 0 Å². The number of aromatic nitrogens is 2. The number of hydrogen-bond acceptors (Lipinski definition) is 7. The lowest BCUT2D eigenvalue weighted by atomic mass is 10.2. The Kier molecular flexibility index (Phi) is 4.86. The van der Waals surface area contributed by atoms with Crippen molar-refractivity contribution in [3.8, 4) is 0 Å². The number of carbonyl (C=O) groups is 2. The number of carbonyl (C=O) groups excluding carboxylic acids is 2. The number of furan rings is 2. The van der Waals surface area contributed by atoms with E-state index in [0.717, 1.165) is 11.0 Å². The van der Waals surface area contributed by atoms with Gasteiger partial charge in [-0.3, -0.25) is 9.59 Å². The number of para-hydroxylation sites is 1. The van der Waals surface area contributed by atoms with Crippen LogP contribution in [0.2, 0.25) is 0 Å². The smallest absolute Gasteiger partial charge is 0.343 e. The van der Waals surface area contributed by atoms with Crippen LogP contribution in [0.1, 0.15) is 34.8 Å². The Morgan fingerprint density at radius 3 is 2.80 bits per heavy atom. The van der Waals surface area contributed by atoms with Gasteiger partial charge in [0.15, 0.2) is 6.61 Å². The minimum absolute atomic E-state index is 0.0264. The third-order valence-corrected chi connectivity index (χ3v) is 4.74. The number of nitrogens with one attached hydrogen (secondary N) is 1. The molecule has 1 aromatic carbocycles. The number of esters is 1. The minimum atomic E-state index is -0.831. The Hall–Kier alpha value is -3.88. The Labute approximate surface area is 170 Å². The number of rotatable bonds is 5. The van der Waals surface area contributed by atoms with E-state index in [2.05, 4.69) is 10.3 Å². The van der Waals surface area contributed by atoms with E-state index in [-0.39, 0.29) is 22.4 Å². The summed E-state index contributed by atoms with van der Waals surface area (Å²) in [5.74, 6) is -0.556. The standard InChI is InChI=1S/C21H19N3O6/c1-11(15-8-13-6-4-5-7-14(13)30-15)23-16(25)9-28-21(27)17-12(2)29-19-18(17)20(26)24(3)10-22-19/h4-8,10-11H,9H2,1-3H3,(H,23,25). The molecule has 4 rings (SSSR count). The van der Waals surface area contributed by atoms with Gasteiger partial charge in [-0.1, -0.05) is 18.2 Å². The third kappa shape index (κ3) is 3.45. The first-order valence-electron chi connectivity index (χ1n) is 9.25. The summed E-state index contributed by atoms with van der Waals surface area (Å²) in [6.45, 7) is 2.78. The predicted octanol–water partition coefficient (Wildman–Crippen LogP) is 2.62. The van der Waals surface area contributed by atoms with Crippen LogP contribution in [-0.2, 0) is 16.6 Å². The van der Waals surface area contributed by atoms with E-state index in [4.69, 9.17) is 13.6 Å². The summed E-state index contributed by atoms with van der Waals surface area (Å²) in [6.07, 6.45) is 1.30. The Balaban J connectivity index is 1.44. The summed E-state index contributed by atoms with van der Waals surface area (Å²) in [5, 5.41) is 3.67. The van der Waals surface area contributed by atoms with Crippen molar-refractivity contribution in [3.63, 3.8) is 0 Å². The largest absolute Gasteiger partial charge is 0.459 e. The molecule has 1 unspecified atom stereocenters. The maximum absolute atomic E-state index is 12.5. The summed E-state index contributed by atoms with van der Waals surface area (Å²) in [4.78, 5) is 41.1. The van der Waals surface area contributed by atoms with Gasteiger partial charge in [-0.05, 0) is 26.0 Å². The van der Waals surface area contributed by atoms with Crippen LogP contribution in [0.3, 0.4) is 0 Å². The number of amides is 1. The molecule has 0 bridgehead atoms.